The normalized spacial score (nSPS) is 19.2. The minimum atomic E-state index is -3.00. The van der Waals surface area contributed by atoms with E-state index < -0.39 is 14.8 Å². The van der Waals surface area contributed by atoms with Gasteiger partial charge in [-0.05, 0) is 12.5 Å². The van der Waals surface area contributed by atoms with Gasteiger partial charge in [0.25, 0.3) is 5.69 Å². The summed E-state index contributed by atoms with van der Waals surface area (Å²) in [5, 5.41) is 10.9. The summed E-state index contributed by atoms with van der Waals surface area (Å²) in [4.78, 5) is 12.3. The van der Waals surface area contributed by atoms with Crippen molar-refractivity contribution in [1.82, 2.24) is 0 Å². The van der Waals surface area contributed by atoms with Gasteiger partial charge in [0.2, 0.25) is 0 Å². The predicted octanol–water partition coefficient (Wildman–Crippen LogP) is 1.22. The van der Waals surface area contributed by atoms with Crippen molar-refractivity contribution in [1.29, 1.82) is 0 Å². The fourth-order valence-electron chi connectivity index (χ4n) is 2.07. The first kappa shape index (κ1) is 12.8. The van der Waals surface area contributed by atoms with Gasteiger partial charge in [-0.3, -0.25) is 10.1 Å². The Hall–Kier alpha value is -1.63. The van der Waals surface area contributed by atoms with Crippen LogP contribution in [0.15, 0.2) is 24.3 Å². The lowest BCUT2D eigenvalue weighted by atomic mass is 10.2. The molecule has 1 heterocycles. The molecule has 2 rings (SSSR count). The Morgan fingerprint density at radius 2 is 1.89 bits per heavy atom. The lowest BCUT2D eigenvalue weighted by Crippen LogP contribution is -2.27. The van der Waals surface area contributed by atoms with E-state index in [9.17, 15) is 18.5 Å². The van der Waals surface area contributed by atoms with E-state index in [-0.39, 0.29) is 17.2 Å². The van der Waals surface area contributed by atoms with Crippen LogP contribution in [0.5, 0.6) is 0 Å². The Morgan fingerprint density at radius 1 is 1.17 bits per heavy atom. The first-order chi connectivity index (χ1) is 8.49. The molecule has 0 radical (unpaired) electrons. The summed E-state index contributed by atoms with van der Waals surface area (Å²) < 4.78 is 23.0. The zero-order chi connectivity index (χ0) is 13.2. The highest BCUT2D eigenvalue weighted by atomic mass is 32.2. The molecule has 7 heteroatoms. The summed E-state index contributed by atoms with van der Waals surface area (Å²) in [6, 6.07) is 6.43. The number of rotatable bonds is 2. The van der Waals surface area contributed by atoms with Gasteiger partial charge in [0.1, 0.15) is 5.69 Å². The third kappa shape index (κ3) is 2.79. The molecule has 0 aliphatic carbocycles. The van der Waals surface area contributed by atoms with Crippen molar-refractivity contribution in [3.8, 4) is 0 Å². The molecule has 6 nitrogen and oxygen atoms in total. The van der Waals surface area contributed by atoms with Crippen LogP contribution in [0, 0.1) is 10.1 Å². The Morgan fingerprint density at radius 3 is 2.61 bits per heavy atom. The molecule has 1 fully saturated rings. The largest absolute Gasteiger partial charge is 0.365 e. The van der Waals surface area contributed by atoms with E-state index in [0.717, 1.165) is 0 Å². The zero-order valence-electron chi connectivity index (χ0n) is 9.78. The van der Waals surface area contributed by atoms with Crippen LogP contribution in [0.4, 0.5) is 11.4 Å². The molecule has 1 aliphatic heterocycles. The fourth-order valence-corrected chi connectivity index (χ4v) is 3.34. The van der Waals surface area contributed by atoms with Gasteiger partial charge < -0.3 is 4.90 Å². The second-order valence-electron chi connectivity index (χ2n) is 4.24. The van der Waals surface area contributed by atoms with Crippen molar-refractivity contribution in [2.75, 3.05) is 29.5 Å². The van der Waals surface area contributed by atoms with Crippen LogP contribution in [0.25, 0.3) is 0 Å². The highest BCUT2D eigenvalue weighted by molar-refractivity contribution is 7.91. The van der Waals surface area contributed by atoms with Crippen LogP contribution in [0.2, 0.25) is 0 Å². The fraction of sp³-hybridized carbons (Fsp3) is 0.455. The Kier molecular flexibility index (Phi) is 3.51. The highest BCUT2D eigenvalue weighted by Gasteiger charge is 2.23. The van der Waals surface area contributed by atoms with Gasteiger partial charge in [0.15, 0.2) is 9.84 Å². The Labute approximate surface area is 105 Å². The van der Waals surface area contributed by atoms with Gasteiger partial charge in [0.05, 0.1) is 16.4 Å². The van der Waals surface area contributed by atoms with Crippen LogP contribution in [0.3, 0.4) is 0 Å². The monoisotopic (exact) mass is 270 g/mol. The molecule has 0 atom stereocenters. The number of hydrogen-bond donors (Lipinski definition) is 0. The quantitative estimate of drug-likeness (QED) is 0.596. The van der Waals surface area contributed by atoms with Gasteiger partial charge >= 0.3 is 0 Å². The third-order valence-corrected chi connectivity index (χ3v) is 4.69. The number of hydrogen-bond acceptors (Lipinski definition) is 5. The minimum Gasteiger partial charge on any atom is -0.365 e. The molecule has 1 saturated heterocycles. The average molecular weight is 270 g/mol. The molecule has 98 valence electrons. The molecule has 0 bridgehead atoms. The predicted molar refractivity (Wildman–Crippen MR) is 68.6 cm³/mol. The number of para-hydroxylation sites is 2. The molecular weight excluding hydrogens is 256 g/mol. The van der Waals surface area contributed by atoms with Crippen molar-refractivity contribution < 1.29 is 13.3 Å². The van der Waals surface area contributed by atoms with Gasteiger partial charge in [0, 0.05) is 19.2 Å². The molecule has 0 unspecified atom stereocenters. The smallest absolute Gasteiger partial charge is 0.292 e. The van der Waals surface area contributed by atoms with Crippen molar-refractivity contribution in [2.45, 2.75) is 6.42 Å². The van der Waals surface area contributed by atoms with Gasteiger partial charge in [-0.2, -0.15) is 0 Å². The van der Waals surface area contributed by atoms with E-state index in [0.29, 0.717) is 25.2 Å². The lowest BCUT2D eigenvalue weighted by Gasteiger charge is -2.21. The number of nitro groups is 1. The van der Waals surface area contributed by atoms with Gasteiger partial charge in [-0.25, -0.2) is 8.42 Å². The van der Waals surface area contributed by atoms with E-state index in [1.165, 1.54) is 6.07 Å². The van der Waals surface area contributed by atoms with Crippen molar-refractivity contribution in [3.63, 3.8) is 0 Å². The average Bonchev–Trinajstić information content (AvgIpc) is 2.50. The zero-order valence-corrected chi connectivity index (χ0v) is 10.6. The Bertz CT molecular complexity index is 556. The van der Waals surface area contributed by atoms with Gasteiger partial charge in [-0.15, -0.1) is 0 Å². The Balaban J connectivity index is 2.29. The van der Waals surface area contributed by atoms with Crippen LogP contribution < -0.4 is 4.90 Å². The summed E-state index contributed by atoms with van der Waals surface area (Å²) >= 11 is 0. The molecule has 0 saturated carbocycles. The van der Waals surface area contributed by atoms with Crippen LogP contribution in [-0.2, 0) is 9.84 Å². The van der Waals surface area contributed by atoms with Crippen molar-refractivity contribution >= 4 is 21.2 Å². The summed E-state index contributed by atoms with van der Waals surface area (Å²) in [6.07, 6.45) is 0.508. The first-order valence-electron chi connectivity index (χ1n) is 5.68. The number of nitrogens with zero attached hydrogens (tertiary/aromatic N) is 2. The van der Waals surface area contributed by atoms with Crippen LogP contribution >= 0.6 is 0 Å². The minimum absolute atomic E-state index is 0.0248. The molecule has 1 aliphatic rings. The van der Waals surface area contributed by atoms with Crippen molar-refractivity contribution in [3.05, 3.63) is 34.4 Å². The third-order valence-electron chi connectivity index (χ3n) is 2.97. The van der Waals surface area contributed by atoms with E-state index in [2.05, 4.69) is 0 Å². The lowest BCUT2D eigenvalue weighted by molar-refractivity contribution is -0.384. The first-order valence-corrected chi connectivity index (χ1v) is 7.50. The summed E-state index contributed by atoms with van der Waals surface area (Å²) in [7, 11) is -3.00. The standard InChI is InChI=1S/C11H14N2O4S/c14-13(15)11-5-2-1-4-10(11)12-6-3-8-18(16,17)9-7-12/h1-2,4-5H,3,6-9H2. The van der Waals surface area contributed by atoms with Gasteiger partial charge in [-0.1, -0.05) is 12.1 Å². The van der Waals surface area contributed by atoms with Crippen LogP contribution in [-0.4, -0.2) is 37.9 Å². The molecule has 1 aromatic rings. The number of benzene rings is 1. The molecule has 0 aromatic heterocycles. The molecular formula is C11H14N2O4S. The second-order valence-corrected chi connectivity index (χ2v) is 6.54. The topological polar surface area (TPSA) is 80.5 Å². The molecule has 18 heavy (non-hydrogen) atoms. The van der Waals surface area contributed by atoms with E-state index in [1.54, 1.807) is 23.1 Å². The SMILES string of the molecule is O=[N+]([O-])c1ccccc1N1CCCS(=O)(=O)CC1. The maximum atomic E-state index is 11.5. The summed E-state index contributed by atoms with van der Waals surface area (Å²) in [5.74, 6) is 0.211. The summed E-state index contributed by atoms with van der Waals surface area (Å²) in [6.45, 7) is 0.845. The molecule has 1 aromatic carbocycles. The maximum Gasteiger partial charge on any atom is 0.292 e. The summed E-state index contributed by atoms with van der Waals surface area (Å²) in [5.41, 5.74) is 0.524. The second kappa shape index (κ2) is 4.93. The van der Waals surface area contributed by atoms with E-state index in [1.807, 2.05) is 0 Å². The number of anilines is 1. The van der Waals surface area contributed by atoms with E-state index >= 15 is 0 Å². The molecule has 0 spiro atoms. The van der Waals surface area contributed by atoms with Crippen LogP contribution in [0.1, 0.15) is 6.42 Å². The molecule has 0 N–H and O–H groups in total. The van der Waals surface area contributed by atoms with E-state index in [4.69, 9.17) is 0 Å². The number of sulfone groups is 1. The number of nitro benzene ring substituents is 1. The van der Waals surface area contributed by atoms with Crippen molar-refractivity contribution in [2.24, 2.45) is 0 Å². The highest BCUT2D eigenvalue weighted by Crippen LogP contribution is 2.28. The molecule has 0 amide bonds. The maximum absolute atomic E-state index is 11.5.